The molecule has 1 aromatic rings. The van der Waals surface area contributed by atoms with Crippen LogP contribution in [0.4, 0.5) is 11.4 Å². The van der Waals surface area contributed by atoms with E-state index in [0.717, 1.165) is 12.2 Å². The molecular formula is C12H17IN2. The first-order chi connectivity index (χ1) is 7.09. The predicted octanol–water partition coefficient (Wildman–Crippen LogP) is 3.48. The van der Waals surface area contributed by atoms with Gasteiger partial charge in [0.2, 0.25) is 0 Å². The second-order valence-electron chi connectivity index (χ2n) is 4.76. The molecule has 0 spiro atoms. The molecule has 1 aliphatic carbocycles. The molecule has 0 aromatic heterocycles. The number of hydrogen-bond donors (Lipinski definition) is 2. The molecule has 0 heterocycles. The zero-order valence-corrected chi connectivity index (χ0v) is 11.2. The summed E-state index contributed by atoms with van der Waals surface area (Å²) >= 11 is 2.33. The van der Waals surface area contributed by atoms with E-state index in [1.165, 1.54) is 28.5 Å². The summed E-state index contributed by atoms with van der Waals surface area (Å²) in [6, 6.07) is 6.03. The first kappa shape index (κ1) is 11.0. The number of hydrogen-bond acceptors (Lipinski definition) is 2. The molecule has 0 atom stereocenters. The second-order valence-corrected chi connectivity index (χ2v) is 5.92. The van der Waals surface area contributed by atoms with Crippen molar-refractivity contribution in [2.24, 2.45) is 5.41 Å². The first-order valence-electron chi connectivity index (χ1n) is 5.38. The fourth-order valence-corrected chi connectivity index (χ4v) is 2.67. The summed E-state index contributed by atoms with van der Waals surface area (Å²) in [6.07, 6.45) is 4.09. The first-order valence-corrected chi connectivity index (χ1v) is 6.46. The van der Waals surface area contributed by atoms with Gasteiger partial charge in [0.05, 0.1) is 0 Å². The molecule has 1 fully saturated rings. The summed E-state index contributed by atoms with van der Waals surface area (Å²) in [5.74, 6) is 0. The van der Waals surface area contributed by atoms with Gasteiger partial charge in [-0.1, -0.05) is 13.3 Å². The van der Waals surface area contributed by atoms with Gasteiger partial charge in [0, 0.05) is 21.5 Å². The maximum Gasteiger partial charge on any atom is 0.0477 e. The monoisotopic (exact) mass is 316 g/mol. The molecule has 0 unspecified atom stereocenters. The van der Waals surface area contributed by atoms with Crippen LogP contribution in [0.3, 0.4) is 0 Å². The molecular weight excluding hydrogens is 299 g/mol. The topological polar surface area (TPSA) is 38.0 Å². The van der Waals surface area contributed by atoms with Crippen LogP contribution in [0.25, 0.3) is 0 Å². The molecule has 2 nitrogen and oxygen atoms in total. The number of anilines is 2. The molecule has 3 N–H and O–H groups in total. The van der Waals surface area contributed by atoms with E-state index >= 15 is 0 Å². The lowest BCUT2D eigenvalue weighted by molar-refractivity contribution is 0.180. The Morgan fingerprint density at radius 1 is 1.47 bits per heavy atom. The highest BCUT2D eigenvalue weighted by atomic mass is 127. The maximum atomic E-state index is 5.71. The largest absolute Gasteiger partial charge is 0.399 e. The van der Waals surface area contributed by atoms with Crippen molar-refractivity contribution >= 4 is 34.0 Å². The minimum atomic E-state index is 0.518. The fourth-order valence-electron chi connectivity index (χ4n) is 1.94. The van der Waals surface area contributed by atoms with Gasteiger partial charge in [0.25, 0.3) is 0 Å². The average Bonchev–Trinajstić information content (AvgIpc) is 2.14. The van der Waals surface area contributed by atoms with Crippen LogP contribution < -0.4 is 11.1 Å². The third kappa shape index (κ3) is 2.56. The van der Waals surface area contributed by atoms with Crippen molar-refractivity contribution in [3.05, 3.63) is 21.8 Å². The van der Waals surface area contributed by atoms with Crippen LogP contribution >= 0.6 is 22.6 Å². The van der Waals surface area contributed by atoms with Crippen molar-refractivity contribution < 1.29 is 0 Å². The molecule has 0 aliphatic heterocycles. The average molecular weight is 316 g/mol. The van der Waals surface area contributed by atoms with E-state index in [-0.39, 0.29) is 0 Å². The Morgan fingerprint density at radius 2 is 2.20 bits per heavy atom. The Balaban J connectivity index is 1.98. The lowest BCUT2D eigenvalue weighted by Gasteiger charge is -2.38. The lowest BCUT2D eigenvalue weighted by atomic mass is 9.70. The molecule has 1 aromatic carbocycles. The highest BCUT2D eigenvalue weighted by Crippen LogP contribution is 2.40. The van der Waals surface area contributed by atoms with E-state index in [1.54, 1.807) is 0 Å². The third-order valence-corrected chi connectivity index (χ3v) is 4.15. The van der Waals surface area contributed by atoms with Crippen molar-refractivity contribution in [2.75, 3.05) is 17.6 Å². The highest BCUT2D eigenvalue weighted by Gasteiger charge is 2.31. The van der Waals surface area contributed by atoms with Gasteiger partial charge in [-0.15, -0.1) is 0 Å². The molecule has 82 valence electrons. The van der Waals surface area contributed by atoms with Crippen LogP contribution in [0.1, 0.15) is 26.2 Å². The van der Waals surface area contributed by atoms with Crippen LogP contribution in [0, 0.1) is 8.99 Å². The summed E-state index contributed by atoms with van der Waals surface area (Å²) in [5.41, 5.74) is 8.27. The van der Waals surface area contributed by atoms with Crippen LogP contribution in [0.5, 0.6) is 0 Å². The van der Waals surface area contributed by atoms with Gasteiger partial charge in [-0.3, -0.25) is 0 Å². The minimum absolute atomic E-state index is 0.518. The van der Waals surface area contributed by atoms with Crippen molar-refractivity contribution in [2.45, 2.75) is 26.2 Å². The Morgan fingerprint density at radius 3 is 2.73 bits per heavy atom. The molecule has 2 rings (SSSR count). The Kier molecular flexibility index (Phi) is 3.09. The Bertz CT molecular complexity index is 359. The van der Waals surface area contributed by atoms with E-state index in [2.05, 4.69) is 40.9 Å². The lowest BCUT2D eigenvalue weighted by Crippen LogP contribution is -2.33. The van der Waals surface area contributed by atoms with Crippen LogP contribution in [-0.4, -0.2) is 6.54 Å². The SMILES string of the molecule is CC1(CNc2ccc(N)cc2I)CCC1. The van der Waals surface area contributed by atoms with Gasteiger partial charge in [-0.25, -0.2) is 0 Å². The molecule has 3 heteroatoms. The van der Waals surface area contributed by atoms with E-state index in [1.807, 2.05) is 12.1 Å². The van der Waals surface area contributed by atoms with Crippen molar-refractivity contribution in [1.29, 1.82) is 0 Å². The highest BCUT2D eigenvalue weighted by molar-refractivity contribution is 14.1. The van der Waals surface area contributed by atoms with Gasteiger partial charge in [0.15, 0.2) is 0 Å². The molecule has 1 aliphatic rings. The van der Waals surface area contributed by atoms with Crippen molar-refractivity contribution in [3.63, 3.8) is 0 Å². The number of rotatable bonds is 3. The smallest absolute Gasteiger partial charge is 0.0477 e. The van der Waals surface area contributed by atoms with E-state index in [0.29, 0.717) is 5.41 Å². The second kappa shape index (κ2) is 4.20. The van der Waals surface area contributed by atoms with Gasteiger partial charge in [-0.2, -0.15) is 0 Å². The Labute approximate surface area is 105 Å². The number of nitrogens with one attached hydrogen (secondary N) is 1. The predicted molar refractivity (Wildman–Crippen MR) is 74.0 cm³/mol. The van der Waals surface area contributed by atoms with Crippen LogP contribution in [-0.2, 0) is 0 Å². The number of benzene rings is 1. The minimum Gasteiger partial charge on any atom is -0.399 e. The summed E-state index contributed by atoms with van der Waals surface area (Å²) in [5, 5.41) is 3.52. The van der Waals surface area contributed by atoms with Crippen molar-refractivity contribution in [1.82, 2.24) is 0 Å². The summed E-state index contributed by atoms with van der Waals surface area (Å²) in [6.45, 7) is 3.43. The van der Waals surface area contributed by atoms with E-state index in [4.69, 9.17) is 5.73 Å². The zero-order valence-electron chi connectivity index (χ0n) is 9.02. The molecule has 0 bridgehead atoms. The molecule has 0 saturated heterocycles. The van der Waals surface area contributed by atoms with E-state index in [9.17, 15) is 0 Å². The summed E-state index contributed by atoms with van der Waals surface area (Å²) in [4.78, 5) is 0. The standard InChI is InChI=1S/C12H17IN2/c1-12(5-2-6-12)8-15-11-4-3-9(14)7-10(11)13/h3-4,7,15H,2,5-6,8,14H2,1H3. The molecule has 1 saturated carbocycles. The van der Waals surface area contributed by atoms with Crippen LogP contribution in [0.15, 0.2) is 18.2 Å². The number of nitrogen functional groups attached to an aromatic ring is 1. The van der Waals surface area contributed by atoms with Crippen LogP contribution in [0.2, 0.25) is 0 Å². The van der Waals surface area contributed by atoms with Gasteiger partial charge in [0.1, 0.15) is 0 Å². The summed E-state index contributed by atoms with van der Waals surface area (Å²) < 4.78 is 1.20. The Hall–Kier alpha value is -0.450. The fraction of sp³-hybridized carbons (Fsp3) is 0.500. The van der Waals surface area contributed by atoms with Gasteiger partial charge in [-0.05, 0) is 59.0 Å². The normalized spacial score (nSPS) is 18.3. The van der Waals surface area contributed by atoms with Gasteiger partial charge < -0.3 is 11.1 Å². The third-order valence-electron chi connectivity index (χ3n) is 3.26. The van der Waals surface area contributed by atoms with Crippen molar-refractivity contribution in [3.8, 4) is 0 Å². The van der Waals surface area contributed by atoms with E-state index < -0.39 is 0 Å². The number of halogens is 1. The molecule has 0 amide bonds. The zero-order chi connectivity index (χ0) is 10.9. The quantitative estimate of drug-likeness (QED) is 0.662. The molecule has 15 heavy (non-hydrogen) atoms. The number of nitrogens with two attached hydrogens (primary N) is 1. The molecule has 0 radical (unpaired) electrons. The van der Waals surface area contributed by atoms with Gasteiger partial charge >= 0.3 is 0 Å². The summed E-state index contributed by atoms with van der Waals surface area (Å²) in [7, 11) is 0. The maximum absolute atomic E-state index is 5.71.